The van der Waals surface area contributed by atoms with Gasteiger partial charge in [-0.3, -0.25) is 14.5 Å². The van der Waals surface area contributed by atoms with Crippen molar-refractivity contribution in [2.75, 3.05) is 4.90 Å². The lowest BCUT2D eigenvalue weighted by molar-refractivity contribution is -0.126. The van der Waals surface area contributed by atoms with Crippen LogP contribution in [-0.4, -0.2) is 27.6 Å². The van der Waals surface area contributed by atoms with Gasteiger partial charge in [0.15, 0.2) is 0 Å². The number of hydrogen-bond donors (Lipinski definition) is 1. The smallest absolute Gasteiger partial charge is 0.243 e. The minimum atomic E-state index is -0.568. The van der Waals surface area contributed by atoms with Gasteiger partial charge in [-0.05, 0) is 19.4 Å². The summed E-state index contributed by atoms with van der Waals surface area (Å²) in [5.41, 5.74) is 1.87. The predicted octanol–water partition coefficient (Wildman–Crippen LogP) is 1.63. The summed E-state index contributed by atoms with van der Waals surface area (Å²) in [6.07, 6.45) is 0.366. The molecule has 1 N–H and O–H groups in total. The summed E-state index contributed by atoms with van der Waals surface area (Å²) in [5, 5.41) is 7.25. The first-order valence-electron chi connectivity index (χ1n) is 7.74. The van der Waals surface area contributed by atoms with Crippen LogP contribution in [-0.2, 0) is 22.7 Å². The molecular formula is C17H20N4O2. The number of aromatic nitrogens is 2. The van der Waals surface area contributed by atoms with Crippen molar-refractivity contribution in [2.45, 2.75) is 39.4 Å². The summed E-state index contributed by atoms with van der Waals surface area (Å²) in [7, 11) is 0. The van der Waals surface area contributed by atoms with Crippen LogP contribution in [0.3, 0.4) is 0 Å². The van der Waals surface area contributed by atoms with Crippen LogP contribution in [0.1, 0.15) is 24.6 Å². The van der Waals surface area contributed by atoms with Crippen molar-refractivity contribution in [2.24, 2.45) is 0 Å². The van der Waals surface area contributed by atoms with Gasteiger partial charge >= 0.3 is 0 Å². The zero-order chi connectivity index (χ0) is 16.4. The quantitative estimate of drug-likeness (QED) is 0.933. The molecule has 1 unspecified atom stereocenters. The molecule has 0 bridgehead atoms. The number of fused-ring (bicyclic) bond motifs is 1. The molecule has 6 nitrogen and oxygen atoms in total. The van der Waals surface area contributed by atoms with E-state index in [-0.39, 0.29) is 11.8 Å². The Kier molecular flexibility index (Phi) is 4.14. The van der Waals surface area contributed by atoms with E-state index in [0.29, 0.717) is 25.3 Å². The third-order valence-electron chi connectivity index (χ3n) is 4.01. The molecule has 0 fully saturated rings. The maximum Gasteiger partial charge on any atom is 0.243 e. The van der Waals surface area contributed by atoms with Gasteiger partial charge in [-0.15, -0.1) is 0 Å². The second-order valence-electron chi connectivity index (χ2n) is 5.76. The standard InChI is InChI=1S/C17H20N4O2/c1-12-10-15-20(19-12)9-8-16(22)21(15)13(2)17(23)18-11-14-6-4-3-5-7-14/h3-7,10,13H,8-9,11H2,1-2H3,(H,18,23). The minimum absolute atomic E-state index is 0.0419. The van der Waals surface area contributed by atoms with E-state index in [2.05, 4.69) is 10.4 Å². The molecule has 6 heteroatoms. The highest BCUT2D eigenvalue weighted by Crippen LogP contribution is 2.24. The van der Waals surface area contributed by atoms with Crippen LogP contribution in [0.2, 0.25) is 0 Å². The number of nitrogens with one attached hydrogen (secondary N) is 1. The van der Waals surface area contributed by atoms with Gasteiger partial charge in [0.1, 0.15) is 11.9 Å². The van der Waals surface area contributed by atoms with E-state index in [1.807, 2.05) is 43.3 Å². The molecule has 2 aromatic rings. The van der Waals surface area contributed by atoms with Crippen LogP contribution in [0.4, 0.5) is 5.82 Å². The van der Waals surface area contributed by atoms with Gasteiger partial charge in [0.25, 0.3) is 0 Å². The van der Waals surface area contributed by atoms with Crippen LogP contribution < -0.4 is 10.2 Å². The van der Waals surface area contributed by atoms with Gasteiger partial charge in [0.2, 0.25) is 11.8 Å². The normalized spacial score (nSPS) is 15.2. The van der Waals surface area contributed by atoms with Crippen molar-refractivity contribution in [1.82, 2.24) is 15.1 Å². The fourth-order valence-corrected chi connectivity index (χ4v) is 2.80. The molecule has 1 aromatic carbocycles. The van der Waals surface area contributed by atoms with E-state index in [0.717, 1.165) is 11.3 Å². The average molecular weight is 312 g/mol. The van der Waals surface area contributed by atoms with Crippen LogP contribution >= 0.6 is 0 Å². The Balaban J connectivity index is 1.73. The molecule has 2 heterocycles. The van der Waals surface area contributed by atoms with Gasteiger partial charge in [0.05, 0.1) is 12.2 Å². The largest absolute Gasteiger partial charge is 0.350 e. The maximum absolute atomic E-state index is 12.4. The Bertz CT molecular complexity index is 723. The van der Waals surface area contributed by atoms with Crippen molar-refractivity contribution in [3.05, 3.63) is 47.7 Å². The van der Waals surface area contributed by atoms with Gasteiger partial charge in [0, 0.05) is 19.0 Å². The third kappa shape index (κ3) is 3.11. The zero-order valence-corrected chi connectivity index (χ0v) is 13.3. The number of rotatable bonds is 4. The molecule has 3 rings (SSSR count). The molecular weight excluding hydrogens is 292 g/mol. The van der Waals surface area contributed by atoms with Crippen molar-refractivity contribution >= 4 is 17.6 Å². The fourth-order valence-electron chi connectivity index (χ4n) is 2.80. The highest BCUT2D eigenvalue weighted by Gasteiger charge is 2.32. The molecule has 0 saturated carbocycles. The zero-order valence-electron chi connectivity index (χ0n) is 13.3. The summed E-state index contributed by atoms with van der Waals surface area (Å²) >= 11 is 0. The summed E-state index contributed by atoms with van der Waals surface area (Å²) < 4.78 is 1.79. The summed E-state index contributed by atoms with van der Waals surface area (Å²) in [5.74, 6) is 0.482. The summed E-state index contributed by atoms with van der Waals surface area (Å²) in [6, 6.07) is 11.0. The number of amides is 2. The average Bonchev–Trinajstić information content (AvgIpc) is 2.93. The minimum Gasteiger partial charge on any atom is -0.350 e. The van der Waals surface area contributed by atoms with E-state index in [1.165, 1.54) is 0 Å². The van der Waals surface area contributed by atoms with Gasteiger partial charge in [-0.1, -0.05) is 30.3 Å². The Morgan fingerprint density at radius 2 is 2.09 bits per heavy atom. The molecule has 1 aliphatic heterocycles. The van der Waals surface area contributed by atoms with Gasteiger partial charge in [-0.2, -0.15) is 5.10 Å². The molecule has 23 heavy (non-hydrogen) atoms. The highest BCUT2D eigenvalue weighted by molar-refractivity contribution is 6.00. The Labute approximate surface area is 135 Å². The monoisotopic (exact) mass is 312 g/mol. The number of anilines is 1. The van der Waals surface area contributed by atoms with Crippen molar-refractivity contribution in [1.29, 1.82) is 0 Å². The second kappa shape index (κ2) is 6.24. The number of nitrogens with zero attached hydrogens (tertiary/aromatic N) is 3. The topological polar surface area (TPSA) is 67.2 Å². The lowest BCUT2D eigenvalue weighted by Crippen LogP contribution is -2.50. The van der Waals surface area contributed by atoms with E-state index in [1.54, 1.807) is 16.5 Å². The van der Waals surface area contributed by atoms with Crippen LogP contribution in [0, 0.1) is 6.92 Å². The maximum atomic E-state index is 12.4. The highest BCUT2D eigenvalue weighted by atomic mass is 16.2. The molecule has 1 atom stereocenters. The van der Waals surface area contributed by atoms with E-state index >= 15 is 0 Å². The van der Waals surface area contributed by atoms with E-state index < -0.39 is 6.04 Å². The molecule has 120 valence electrons. The molecule has 0 saturated heterocycles. The molecule has 2 amide bonds. The molecule has 1 aromatic heterocycles. The fraction of sp³-hybridized carbons (Fsp3) is 0.353. The first kappa shape index (κ1) is 15.3. The summed E-state index contributed by atoms with van der Waals surface area (Å²) in [4.78, 5) is 26.3. The lowest BCUT2D eigenvalue weighted by Gasteiger charge is -2.31. The molecule has 1 aliphatic rings. The Morgan fingerprint density at radius 1 is 1.35 bits per heavy atom. The molecule has 0 aliphatic carbocycles. The third-order valence-corrected chi connectivity index (χ3v) is 4.01. The first-order chi connectivity index (χ1) is 11.1. The summed E-state index contributed by atoms with van der Waals surface area (Å²) in [6.45, 7) is 4.64. The number of carbonyl (C=O) groups is 2. The van der Waals surface area contributed by atoms with Gasteiger partial charge in [-0.25, -0.2) is 4.68 Å². The van der Waals surface area contributed by atoms with Crippen LogP contribution in [0.15, 0.2) is 36.4 Å². The van der Waals surface area contributed by atoms with Gasteiger partial charge < -0.3 is 5.32 Å². The SMILES string of the molecule is Cc1cc2n(n1)CCC(=O)N2C(C)C(=O)NCc1ccccc1. The van der Waals surface area contributed by atoms with E-state index in [4.69, 9.17) is 0 Å². The predicted molar refractivity (Wildman–Crippen MR) is 86.8 cm³/mol. The Hall–Kier alpha value is -2.63. The number of carbonyl (C=O) groups excluding carboxylic acids is 2. The van der Waals surface area contributed by atoms with Crippen LogP contribution in [0.5, 0.6) is 0 Å². The van der Waals surface area contributed by atoms with E-state index in [9.17, 15) is 9.59 Å². The molecule has 0 radical (unpaired) electrons. The lowest BCUT2D eigenvalue weighted by atomic mass is 10.2. The first-order valence-corrected chi connectivity index (χ1v) is 7.74. The number of aryl methyl sites for hydroxylation is 2. The molecule has 0 spiro atoms. The number of benzene rings is 1. The van der Waals surface area contributed by atoms with Crippen molar-refractivity contribution in [3.8, 4) is 0 Å². The Morgan fingerprint density at radius 3 is 2.83 bits per heavy atom. The van der Waals surface area contributed by atoms with Crippen LogP contribution in [0.25, 0.3) is 0 Å². The second-order valence-corrected chi connectivity index (χ2v) is 5.76. The van der Waals surface area contributed by atoms with Crippen molar-refractivity contribution < 1.29 is 9.59 Å². The van der Waals surface area contributed by atoms with Crippen molar-refractivity contribution in [3.63, 3.8) is 0 Å². The number of hydrogen-bond acceptors (Lipinski definition) is 3.